The highest BCUT2D eigenvalue weighted by molar-refractivity contribution is 5.62. The number of benzene rings is 1. The molecule has 2 heterocycles. The second-order valence-electron chi connectivity index (χ2n) is 5.68. The molecule has 19 heavy (non-hydrogen) atoms. The molecule has 0 saturated carbocycles. The molecule has 0 bridgehead atoms. The minimum Gasteiger partial charge on any atom is -0.385 e. The van der Waals surface area contributed by atoms with Gasteiger partial charge in [-0.05, 0) is 42.5 Å². The number of fused-ring (bicyclic) bond motifs is 1. The van der Waals surface area contributed by atoms with E-state index in [0.717, 1.165) is 38.8 Å². The Morgan fingerprint density at radius 3 is 2.95 bits per heavy atom. The zero-order valence-corrected chi connectivity index (χ0v) is 11.8. The van der Waals surface area contributed by atoms with Gasteiger partial charge in [-0.2, -0.15) is 0 Å². The highest BCUT2D eigenvalue weighted by Crippen LogP contribution is 2.30. The summed E-state index contributed by atoms with van der Waals surface area (Å²) in [6.45, 7) is 7.16. The molecule has 1 saturated heterocycles. The van der Waals surface area contributed by atoms with E-state index in [2.05, 4.69) is 35.3 Å². The van der Waals surface area contributed by atoms with Crippen molar-refractivity contribution in [3.05, 3.63) is 23.8 Å². The molecule has 1 N–H and O–H groups in total. The van der Waals surface area contributed by atoms with E-state index in [1.165, 1.54) is 36.2 Å². The van der Waals surface area contributed by atoms with Crippen LogP contribution in [0.5, 0.6) is 0 Å². The zero-order valence-electron chi connectivity index (χ0n) is 11.8. The summed E-state index contributed by atoms with van der Waals surface area (Å²) in [6.07, 6.45) is 3.84. The fourth-order valence-electron chi connectivity index (χ4n) is 3.19. The lowest BCUT2D eigenvalue weighted by atomic mass is 9.90. The molecule has 1 aromatic rings. The Balaban J connectivity index is 1.76. The van der Waals surface area contributed by atoms with Gasteiger partial charge in [-0.15, -0.1) is 0 Å². The molecule has 1 atom stereocenters. The van der Waals surface area contributed by atoms with Gasteiger partial charge in [0.1, 0.15) is 0 Å². The van der Waals surface area contributed by atoms with E-state index < -0.39 is 0 Å². The quantitative estimate of drug-likeness (QED) is 0.904. The normalized spacial score (nSPS) is 22.8. The molecular weight excluding hydrogens is 236 g/mol. The second kappa shape index (κ2) is 5.83. The highest BCUT2D eigenvalue weighted by Gasteiger charge is 2.19. The first-order chi connectivity index (χ1) is 9.36. The zero-order chi connectivity index (χ0) is 13.1. The Bertz CT molecular complexity index is 427. The maximum atomic E-state index is 5.43. The summed E-state index contributed by atoms with van der Waals surface area (Å²) in [7, 11) is 0. The number of hydrogen-bond acceptors (Lipinski definition) is 3. The molecule has 104 valence electrons. The van der Waals surface area contributed by atoms with Crippen LogP contribution in [0.25, 0.3) is 0 Å². The van der Waals surface area contributed by atoms with Crippen LogP contribution >= 0.6 is 0 Å². The average molecular weight is 260 g/mol. The molecule has 1 unspecified atom stereocenters. The lowest BCUT2D eigenvalue weighted by Gasteiger charge is -2.31. The first-order valence-corrected chi connectivity index (χ1v) is 7.56. The summed E-state index contributed by atoms with van der Waals surface area (Å²) in [5.41, 5.74) is 4.19. The monoisotopic (exact) mass is 260 g/mol. The van der Waals surface area contributed by atoms with Gasteiger partial charge in [0.25, 0.3) is 0 Å². The third-order valence-electron chi connectivity index (χ3n) is 4.25. The van der Waals surface area contributed by atoms with Crippen LogP contribution in [0.15, 0.2) is 18.2 Å². The summed E-state index contributed by atoms with van der Waals surface area (Å²) in [6, 6.07) is 6.88. The van der Waals surface area contributed by atoms with Crippen molar-refractivity contribution in [3.8, 4) is 0 Å². The molecule has 3 rings (SSSR count). The summed E-state index contributed by atoms with van der Waals surface area (Å²) in [4.78, 5) is 2.44. The number of nitrogens with zero attached hydrogens (tertiary/aromatic N) is 1. The van der Waals surface area contributed by atoms with Gasteiger partial charge in [0.15, 0.2) is 0 Å². The molecule has 0 aliphatic carbocycles. The Morgan fingerprint density at radius 1 is 1.32 bits per heavy atom. The molecule has 3 nitrogen and oxygen atoms in total. The fraction of sp³-hybridized carbons (Fsp3) is 0.625. The summed E-state index contributed by atoms with van der Waals surface area (Å²) >= 11 is 0. The van der Waals surface area contributed by atoms with Gasteiger partial charge in [0.2, 0.25) is 0 Å². The van der Waals surface area contributed by atoms with Gasteiger partial charge >= 0.3 is 0 Å². The molecule has 2 aliphatic rings. The first kappa shape index (κ1) is 12.8. The molecule has 2 aliphatic heterocycles. The molecule has 3 heteroatoms. The van der Waals surface area contributed by atoms with Crippen molar-refractivity contribution in [3.63, 3.8) is 0 Å². The third kappa shape index (κ3) is 2.86. The fourth-order valence-corrected chi connectivity index (χ4v) is 3.19. The molecule has 0 aromatic heterocycles. The first-order valence-electron chi connectivity index (χ1n) is 7.56. The van der Waals surface area contributed by atoms with Crippen LogP contribution in [0.3, 0.4) is 0 Å². The number of ether oxygens (including phenoxy) is 1. The van der Waals surface area contributed by atoms with Gasteiger partial charge in [0, 0.05) is 31.0 Å². The third-order valence-corrected chi connectivity index (χ3v) is 4.25. The van der Waals surface area contributed by atoms with Gasteiger partial charge in [-0.3, -0.25) is 0 Å². The van der Waals surface area contributed by atoms with Gasteiger partial charge in [-0.25, -0.2) is 0 Å². The molecule has 0 spiro atoms. The van der Waals surface area contributed by atoms with Crippen molar-refractivity contribution in [2.24, 2.45) is 5.92 Å². The maximum Gasteiger partial charge on any atom is 0.0642 e. The number of hydrogen-bond donors (Lipinski definition) is 1. The van der Waals surface area contributed by atoms with Crippen molar-refractivity contribution in [1.29, 1.82) is 0 Å². The predicted octanol–water partition coefficient (Wildman–Crippen LogP) is 2.91. The lowest BCUT2D eigenvalue weighted by molar-refractivity contribution is 0.122. The van der Waals surface area contributed by atoms with Crippen LogP contribution in [-0.4, -0.2) is 32.8 Å². The standard InChI is InChI=1S/C16H24N2O/c1-2-3-13-10-14-11-15(4-5-16(14)17-12-13)18-6-8-19-9-7-18/h4-5,11,13,17H,2-3,6-10,12H2,1H3. The molecule has 0 radical (unpaired) electrons. The molecule has 0 amide bonds. The van der Waals surface area contributed by atoms with Crippen molar-refractivity contribution in [2.45, 2.75) is 26.2 Å². The topological polar surface area (TPSA) is 24.5 Å². The van der Waals surface area contributed by atoms with Crippen LogP contribution in [0, 0.1) is 5.92 Å². The molecule has 1 aromatic carbocycles. The van der Waals surface area contributed by atoms with Crippen LogP contribution in [0.4, 0.5) is 11.4 Å². The largest absolute Gasteiger partial charge is 0.385 e. The highest BCUT2D eigenvalue weighted by atomic mass is 16.5. The van der Waals surface area contributed by atoms with Crippen molar-refractivity contribution in [1.82, 2.24) is 0 Å². The van der Waals surface area contributed by atoms with E-state index in [1.807, 2.05) is 0 Å². The van der Waals surface area contributed by atoms with Crippen molar-refractivity contribution in [2.75, 3.05) is 43.1 Å². The molecular formula is C16H24N2O. The van der Waals surface area contributed by atoms with Gasteiger partial charge < -0.3 is 15.0 Å². The van der Waals surface area contributed by atoms with Crippen LogP contribution in [0.1, 0.15) is 25.3 Å². The van der Waals surface area contributed by atoms with Crippen molar-refractivity contribution < 1.29 is 4.74 Å². The van der Waals surface area contributed by atoms with E-state index in [9.17, 15) is 0 Å². The lowest BCUT2D eigenvalue weighted by Crippen LogP contribution is -2.36. The summed E-state index contributed by atoms with van der Waals surface area (Å²) in [5, 5.41) is 3.58. The number of nitrogens with one attached hydrogen (secondary N) is 1. The minimum absolute atomic E-state index is 0.803. The van der Waals surface area contributed by atoms with E-state index in [-0.39, 0.29) is 0 Å². The molecule has 1 fully saturated rings. The number of morpholine rings is 1. The Hall–Kier alpha value is -1.22. The summed E-state index contributed by atoms with van der Waals surface area (Å²) in [5.74, 6) is 0.803. The van der Waals surface area contributed by atoms with E-state index >= 15 is 0 Å². The minimum atomic E-state index is 0.803. The van der Waals surface area contributed by atoms with E-state index in [4.69, 9.17) is 4.74 Å². The van der Waals surface area contributed by atoms with Crippen LogP contribution in [-0.2, 0) is 11.2 Å². The van der Waals surface area contributed by atoms with Crippen LogP contribution < -0.4 is 10.2 Å². The Labute approximate surface area is 115 Å². The summed E-state index contributed by atoms with van der Waals surface area (Å²) < 4.78 is 5.43. The second-order valence-corrected chi connectivity index (χ2v) is 5.68. The maximum absolute atomic E-state index is 5.43. The Kier molecular flexibility index (Phi) is 3.92. The Morgan fingerprint density at radius 2 is 2.16 bits per heavy atom. The smallest absolute Gasteiger partial charge is 0.0642 e. The van der Waals surface area contributed by atoms with Crippen molar-refractivity contribution >= 4 is 11.4 Å². The van der Waals surface area contributed by atoms with E-state index in [0.29, 0.717) is 0 Å². The van der Waals surface area contributed by atoms with E-state index in [1.54, 1.807) is 0 Å². The SMILES string of the molecule is CCCC1CNc2ccc(N3CCOCC3)cc2C1. The van der Waals surface area contributed by atoms with Gasteiger partial charge in [0.05, 0.1) is 13.2 Å². The van der Waals surface area contributed by atoms with Crippen LogP contribution in [0.2, 0.25) is 0 Å². The number of rotatable bonds is 3. The average Bonchev–Trinajstić information content (AvgIpc) is 2.48. The van der Waals surface area contributed by atoms with Gasteiger partial charge in [-0.1, -0.05) is 13.3 Å². The number of anilines is 2. The predicted molar refractivity (Wildman–Crippen MR) is 80.1 cm³/mol.